The number of unbranched alkanes of at least 4 members (excludes halogenated alkanes) is 16. The standard InChI is InChI=1S/C29H60/c1-5-7-9-10-11-12-13-14-15-16-17-18-19-21-25-29(4)27-23-20-22-26-28(3)24-8-6-2/h28-29H,5-27H2,1-4H3. The van der Waals surface area contributed by atoms with Crippen molar-refractivity contribution in [2.75, 3.05) is 0 Å². The van der Waals surface area contributed by atoms with Gasteiger partial charge in [0.05, 0.1) is 0 Å². The Hall–Kier alpha value is 0. The number of rotatable bonds is 24. The Balaban J connectivity index is 3.19. The van der Waals surface area contributed by atoms with Crippen molar-refractivity contribution >= 4 is 0 Å². The van der Waals surface area contributed by atoms with Gasteiger partial charge in [-0.1, -0.05) is 175 Å². The van der Waals surface area contributed by atoms with Crippen LogP contribution in [-0.4, -0.2) is 0 Å². The summed E-state index contributed by atoms with van der Waals surface area (Å²) < 4.78 is 0. The van der Waals surface area contributed by atoms with Crippen LogP contribution in [-0.2, 0) is 0 Å². The van der Waals surface area contributed by atoms with Crippen LogP contribution in [0.4, 0.5) is 0 Å². The van der Waals surface area contributed by atoms with Crippen LogP contribution in [0.2, 0.25) is 0 Å². The lowest BCUT2D eigenvalue weighted by molar-refractivity contribution is 0.411. The van der Waals surface area contributed by atoms with E-state index in [4.69, 9.17) is 0 Å². The van der Waals surface area contributed by atoms with E-state index in [1.54, 1.807) is 0 Å². The molecule has 0 nitrogen and oxygen atoms in total. The van der Waals surface area contributed by atoms with Crippen molar-refractivity contribution in [3.8, 4) is 0 Å². The quantitative estimate of drug-likeness (QED) is 0.139. The van der Waals surface area contributed by atoms with Crippen molar-refractivity contribution < 1.29 is 0 Å². The van der Waals surface area contributed by atoms with Gasteiger partial charge in [-0.3, -0.25) is 0 Å². The zero-order valence-electron chi connectivity index (χ0n) is 21.4. The van der Waals surface area contributed by atoms with Crippen molar-refractivity contribution in [1.82, 2.24) is 0 Å². The van der Waals surface area contributed by atoms with Crippen molar-refractivity contribution in [3.63, 3.8) is 0 Å². The second-order valence-electron chi connectivity index (χ2n) is 10.4. The molecule has 0 radical (unpaired) electrons. The van der Waals surface area contributed by atoms with Crippen molar-refractivity contribution in [3.05, 3.63) is 0 Å². The maximum Gasteiger partial charge on any atom is -0.0443 e. The highest BCUT2D eigenvalue weighted by Gasteiger charge is 2.04. The maximum atomic E-state index is 2.49. The van der Waals surface area contributed by atoms with Gasteiger partial charge in [-0.25, -0.2) is 0 Å². The lowest BCUT2D eigenvalue weighted by Crippen LogP contribution is -1.97. The SMILES string of the molecule is CCCCCCCCCCCCCCCCC(C)CCCCCC(C)CCCC. The molecular weight excluding hydrogens is 348 g/mol. The fourth-order valence-electron chi connectivity index (χ4n) is 4.69. The molecule has 0 saturated heterocycles. The summed E-state index contributed by atoms with van der Waals surface area (Å²) in [5.74, 6) is 1.92. The topological polar surface area (TPSA) is 0 Å². The second kappa shape index (κ2) is 24.3. The first-order valence-corrected chi connectivity index (χ1v) is 14.2. The molecule has 0 spiro atoms. The molecule has 0 saturated carbocycles. The number of hydrogen-bond donors (Lipinski definition) is 0. The van der Waals surface area contributed by atoms with E-state index in [2.05, 4.69) is 27.7 Å². The molecule has 0 aromatic carbocycles. The fourth-order valence-corrected chi connectivity index (χ4v) is 4.69. The predicted octanol–water partition coefficient (Wildman–Crippen LogP) is 11.3. The van der Waals surface area contributed by atoms with Crippen molar-refractivity contribution in [1.29, 1.82) is 0 Å². The molecule has 0 heterocycles. The summed E-state index contributed by atoms with van der Waals surface area (Å²) >= 11 is 0. The molecule has 0 aromatic rings. The van der Waals surface area contributed by atoms with Gasteiger partial charge in [0.2, 0.25) is 0 Å². The zero-order valence-corrected chi connectivity index (χ0v) is 21.4. The Morgan fingerprint density at radius 1 is 0.310 bits per heavy atom. The van der Waals surface area contributed by atoms with Gasteiger partial charge in [-0.15, -0.1) is 0 Å². The molecule has 0 aliphatic heterocycles. The highest BCUT2D eigenvalue weighted by Crippen LogP contribution is 2.20. The highest BCUT2D eigenvalue weighted by atomic mass is 14.1. The maximum absolute atomic E-state index is 2.49. The van der Waals surface area contributed by atoms with Gasteiger partial charge >= 0.3 is 0 Å². The summed E-state index contributed by atoms with van der Waals surface area (Å²) in [5.41, 5.74) is 0. The van der Waals surface area contributed by atoms with Gasteiger partial charge in [-0.2, -0.15) is 0 Å². The van der Waals surface area contributed by atoms with Crippen LogP contribution < -0.4 is 0 Å². The van der Waals surface area contributed by atoms with E-state index in [1.165, 1.54) is 148 Å². The molecule has 2 atom stereocenters. The minimum atomic E-state index is 0.961. The Morgan fingerprint density at radius 3 is 0.897 bits per heavy atom. The monoisotopic (exact) mass is 408 g/mol. The van der Waals surface area contributed by atoms with Gasteiger partial charge in [0.1, 0.15) is 0 Å². The summed E-state index contributed by atoms with van der Waals surface area (Å²) in [4.78, 5) is 0. The van der Waals surface area contributed by atoms with Crippen molar-refractivity contribution in [2.45, 2.75) is 175 Å². The molecule has 0 amide bonds. The van der Waals surface area contributed by atoms with E-state index in [9.17, 15) is 0 Å². The molecule has 29 heavy (non-hydrogen) atoms. The Labute approximate surface area is 187 Å². The smallest absolute Gasteiger partial charge is 0.0443 e. The molecule has 2 unspecified atom stereocenters. The largest absolute Gasteiger partial charge is 0.0654 e. The van der Waals surface area contributed by atoms with Gasteiger partial charge < -0.3 is 0 Å². The van der Waals surface area contributed by atoms with Gasteiger partial charge in [0, 0.05) is 0 Å². The van der Waals surface area contributed by atoms with Crippen LogP contribution in [0.1, 0.15) is 175 Å². The molecule has 0 heteroatoms. The third-order valence-corrected chi connectivity index (χ3v) is 6.99. The fraction of sp³-hybridized carbons (Fsp3) is 1.00. The minimum absolute atomic E-state index is 0.961. The Bertz CT molecular complexity index is 282. The van der Waals surface area contributed by atoms with Crippen LogP contribution in [0.25, 0.3) is 0 Å². The third kappa shape index (κ3) is 24.1. The molecule has 0 N–H and O–H groups in total. The van der Waals surface area contributed by atoms with E-state index in [0.717, 1.165) is 11.8 Å². The average Bonchev–Trinajstić information content (AvgIpc) is 2.72. The van der Waals surface area contributed by atoms with E-state index in [-0.39, 0.29) is 0 Å². The molecule has 0 aromatic heterocycles. The zero-order chi connectivity index (χ0) is 21.4. The van der Waals surface area contributed by atoms with E-state index in [1.807, 2.05) is 0 Å². The molecule has 0 bridgehead atoms. The first kappa shape index (κ1) is 29.0. The first-order valence-electron chi connectivity index (χ1n) is 14.2. The third-order valence-electron chi connectivity index (χ3n) is 6.99. The van der Waals surface area contributed by atoms with Gasteiger partial charge in [0.25, 0.3) is 0 Å². The minimum Gasteiger partial charge on any atom is -0.0654 e. The second-order valence-corrected chi connectivity index (χ2v) is 10.4. The molecule has 176 valence electrons. The molecule has 0 aliphatic rings. The Kier molecular flexibility index (Phi) is 24.3. The molecule has 0 aliphatic carbocycles. The summed E-state index contributed by atoms with van der Waals surface area (Å²) in [6.07, 6.45) is 33.7. The highest BCUT2D eigenvalue weighted by molar-refractivity contribution is 4.58. The van der Waals surface area contributed by atoms with Crippen LogP contribution in [0, 0.1) is 11.8 Å². The average molecular weight is 409 g/mol. The molecule has 0 fully saturated rings. The first-order chi connectivity index (χ1) is 14.2. The Morgan fingerprint density at radius 2 is 0.552 bits per heavy atom. The van der Waals surface area contributed by atoms with E-state index >= 15 is 0 Å². The van der Waals surface area contributed by atoms with Gasteiger partial charge in [-0.05, 0) is 11.8 Å². The lowest BCUT2D eigenvalue weighted by atomic mass is 9.94. The lowest BCUT2D eigenvalue weighted by Gasteiger charge is -2.12. The normalized spacial score (nSPS) is 13.7. The van der Waals surface area contributed by atoms with Crippen LogP contribution in [0.5, 0.6) is 0 Å². The molecule has 0 rings (SSSR count). The summed E-state index contributed by atoms with van der Waals surface area (Å²) in [7, 11) is 0. The van der Waals surface area contributed by atoms with Crippen LogP contribution in [0.15, 0.2) is 0 Å². The van der Waals surface area contributed by atoms with Crippen molar-refractivity contribution in [2.24, 2.45) is 11.8 Å². The number of hydrogen-bond acceptors (Lipinski definition) is 0. The van der Waals surface area contributed by atoms with Crippen LogP contribution in [0.3, 0.4) is 0 Å². The summed E-state index contributed by atoms with van der Waals surface area (Å²) in [5, 5.41) is 0. The molecular formula is C29H60. The summed E-state index contributed by atoms with van der Waals surface area (Å²) in [6.45, 7) is 9.56. The van der Waals surface area contributed by atoms with Gasteiger partial charge in [0.15, 0.2) is 0 Å². The van der Waals surface area contributed by atoms with E-state index in [0.29, 0.717) is 0 Å². The predicted molar refractivity (Wildman–Crippen MR) is 136 cm³/mol. The van der Waals surface area contributed by atoms with Crippen LogP contribution >= 0.6 is 0 Å². The summed E-state index contributed by atoms with van der Waals surface area (Å²) in [6, 6.07) is 0. The van der Waals surface area contributed by atoms with E-state index < -0.39 is 0 Å².